The quantitative estimate of drug-likeness (QED) is 0.376. The van der Waals surface area contributed by atoms with Crippen molar-refractivity contribution in [2.45, 2.75) is 29.6 Å². The lowest BCUT2D eigenvalue weighted by Gasteiger charge is -2.13. The molecular formula is C11H9BrF6OS. The van der Waals surface area contributed by atoms with E-state index in [0.29, 0.717) is 23.7 Å². The summed E-state index contributed by atoms with van der Waals surface area (Å²) >= 11 is 2.67. The molecule has 0 aliphatic carbocycles. The van der Waals surface area contributed by atoms with Crippen LogP contribution < -0.4 is 4.74 Å². The maximum absolute atomic E-state index is 12.3. The van der Waals surface area contributed by atoms with Gasteiger partial charge in [-0.2, -0.15) is 13.2 Å². The van der Waals surface area contributed by atoms with E-state index in [-0.39, 0.29) is 4.90 Å². The highest BCUT2D eigenvalue weighted by Crippen LogP contribution is 2.39. The van der Waals surface area contributed by atoms with Crippen molar-refractivity contribution in [3.63, 3.8) is 0 Å². The van der Waals surface area contributed by atoms with Crippen molar-refractivity contribution in [1.82, 2.24) is 0 Å². The second kappa shape index (κ2) is 6.93. The van der Waals surface area contributed by atoms with Crippen LogP contribution in [0, 0.1) is 0 Å². The number of rotatable bonds is 5. The summed E-state index contributed by atoms with van der Waals surface area (Å²) in [5, 5.41) is 0.596. The Bertz CT molecular complexity index is 411. The highest BCUT2D eigenvalue weighted by atomic mass is 79.9. The molecule has 0 radical (unpaired) electrons. The van der Waals surface area contributed by atoms with E-state index in [1.54, 1.807) is 0 Å². The minimum atomic E-state index is -4.94. The molecule has 1 aromatic carbocycles. The average Bonchev–Trinajstić information content (AvgIpc) is 2.21. The number of thioether (sulfide) groups is 1. The lowest BCUT2D eigenvalue weighted by Crippen LogP contribution is -2.17. The summed E-state index contributed by atoms with van der Waals surface area (Å²) in [5.41, 5.74) is -4.21. The Kier molecular flexibility index (Phi) is 6.06. The van der Waals surface area contributed by atoms with Gasteiger partial charge in [-0.05, 0) is 48.4 Å². The van der Waals surface area contributed by atoms with Gasteiger partial charge in [-0.1, -0.05) is 15.9 Å². The van der Waals surface area contributed by atoms with E-state index >= 15 is 0 Å². The molecule has 0 aromatic heterocycles. The van der Waals surface area contributed by atoms with Crippen molar-refractivity contribution >= 4 is 27.7 Å². The number of benzene rings is 1. The third kappa shape index (κ3) is 7.28. The maximum atomic E-state index is 12.3. The number of hydrogen-bond donors (Lipinski definition) is 0. The molecule has 0 atom stereocenters. The molecule has 0 heterocycles. The minimum absolute atomic E-state index is 0.330. The summed E-state index contributed by atoms with van der Waals surface area (Å²) in [5.74, 6) is -0.642. The van der Waals surface area contributed by atoms with Crippen LogP contribution in [0.25, 0.3) is 0 Å². The van der Waals surface area contributed by atoms with Crippen molar-refractivity contribution in [3.05, 3.63) is 23.8 Å². The second-order valence-corrected chi connectivity index (χ2v) is 5.63. The monoisotopic (exact) mass is 382 g/mol. The van der Waals surface area contributed by atoms with Crippen LogP contribution in [0.2, 0.25) is 0 Å². The first-order valence-corrected chi connectivity index (χ1v) is 7.24. The molecule has 0 amide bonds. The fourth-order valence-electron chi connectivity index (χ4n) is 1.43. The van der Waals surface area contributed by atoms with Gasteiger partial charge in [-0.15, -0.1) is 13.2 Å². The highest BCUT2D eigenvalue weighted by molar-refractivity contribution is 9.09. The lowest BCUT2D eigenvalue weighted by atomic mass is 10.1. The Labute approximate surface area is 123 Å². The molecular weight excluding hydrogens is 374 g/mol. The molecule has 0 spiro atoms. The molecule has 1 rings (SSSR count). The topological polar surface area (TPSA) is 9.23 Å². The summed E-state index contributed by atoms with van der Waals surface area (Å²) in [6.45, 7) is 0. The molecule has 0 bridgehead atoms. The summed E-state index contributed by atoms with van der Waals surface area (Å²) in [6, 6.07) is 3.03. The van der Waals surface area contributed by atoms with Crippen LogP contribution in [-0.4, -0.2) is 17.2 Å². The maximum Gasteiger partial charge on any atom is 0.573 e. The van der Waals surface area contributed by atoms with Crippen LogP contribution in [0.1, 0.15) is 12.0 Å². The molecule has 0 aliphatic heterocycles. The number of ether oxygens (including phenoxy) is 1. The first-order valence-electron chi connectivity index (χ1n) is 5.30. The van der Waals surface area contributed by atoms with Crippen molar-refractivity contribution < 1.29 is 31.1 Å². The van der Waals surface area contributed by atoms with Crippen molar-refractivity contribution in [2.24, 2.45) is 0 Å². The van der Waals surface area contributed by atoms with Crippen LogP contribution in [0.15, 0.2) is 23.1 Å². The summed E-state index contributed by atoms with van der Waals surface area (Å²) < 4.78 is 77.0. The Balaban J connectivity index is 3.01. The zero-order valence-corrected chi connectivity index (χ0v) is 12.2. The molecule has 114 valence electrons. The van der Waals surface area contributed by atoms with Crippen molar-refractivity contribution in [3.8, 4) is 5.75 Å². The third-order valence-electron chi connectivity index (χ3n) is 2.01. The normalized spacial score (nSPS) is 12.6. The van der Waals surface area contributed by atoms with Crippen LogP contribution in [-0.2, 0) is 6.42 Å². The van der Waals surface area contributed by atoms with Crippen LogP contribution in [0.4, 0.5) is 26.3 Å². The zero-order valence-electron chi connectivity index (χ0n) is 9.82. The number of aryl methyl sites for hydroxylation is 1. The van der Waals surface area contributed by atoms with E-state index in [1.807, 2.05) is 0 Å². The first kappa shape index (κ1) is 17.5. The molecule has 1 nitrogen and oxygen atoms in total. The third-order valence-corrected chi connectivity index (χ3v) is 3.27. The van der Waals surface area contributed by atoms with Gasteiger partial charge >= 0.3 is 11.9 Å². The highest BCUT2D eigenvalue weighted by Gasteiger charge is 2.33. The van der Waals surface area contributed by atoms with E-state index in [4.69, 9.17) is 0 Å². The van der Waals surface area contributed by atoms with Gasteiger partial charge in [0.05, 0.1) is 0 Å². The van der Waals surface area contributed by atoms with E-state index in [2.05, 4.69) is 20.7 Å². The SMILES string of the molecule is FC(F)(F)Oc1cc(CCCBr)cc(SC(F)(F)F)c1. The Morgan fingerprint density at radius 1 is 1.05 bits per heavy atom. The van der Waals surface area contributed by atoms with Gasteiger partial charge in [0.15, 0.2) is 0 Å². The van der Waals surface area contributed by atoms with Gasteiger partial charge in [0, 0.05) is 10.2 Å². The Morgan fingerprint density at radius 3 is 2.20 bits per heavy atom. The van der Waals surface area contributed by atoms with Gasteiger partial charge in [0.25, 0.3) is 0 Å². The largest absolute Gasteiger partial charge is 0.573 e. The summed E-state index contributed by atoms with van der Waals surface area (Å²) in [7, 11) is 0. The van der Waals surface area contributed by atoms with Crippen LogP contribution in [0.3, 0.4) is 0 Å². The Hall–Kier alpha value is -0.570. The number of alkyl halides is 7. The fourth-order valence-corrected chi connectivity index (χ4v) is 2.36. The molecule has 0 N–H and O–H groups in total. The lowest BCUT2D eigenvalue weighted by molar-refractivity contribution is -0.274. The van der Waals surface area contributed by atoms with Gasteiger partial charge in [0.1, 0.15) is 5.75 Å². The number of hydrogen-bond acceptors (Lipinski definition) is 2. The van der Waals surface area contributed by atoms with Gasteiger partial charge in [0.2, 0.25) is 0 Å². The van der Waals surface area contributed by atoms with Crippen LogP contribution in [0.5, 0.6) is 5.75 Å². The first-order chi connectivity index (χ1) is 9.09. The molecule has 1 aromatic rings. The molecule has 0 saturated heterocycles. The van der Waals surface area contributed by atoms with Crippen molar-refractivity contribution in [2.75, 3.05) is 5.33 Å². The Morgan fingerprint density at radius 2 is 1.70 bits per heavy atom. The van der Waals surface area contributed by atoms with Gasteiger partial charge in [-0.25, -0.2) is 0 Å². The minimum Gasteiger partial charge on any atom is -0.406 e. The fraction of sp³-hybridized carbons (Fsp3) is 0.455. The second-order valence-electron chi connectivity index (χ2n) is 3.70. The molecule has 9 heteroatoms. The van der Waals surface area contributed by atoms with Gasteiger partial charge in [-0.3, -0.25) is 0 Å². The number of halogens is 7. The summed E-state index contributed by atoms with van der Waals surface area (Å²) in [6.07, 6.45) is -3.99. The predicted octanol–water partition coefficient (Wildman–Crippen LogP) is 5.52. The summed E-state index contributed by atoms with van der Waals surface area (Å²) in [4.78, 5) is -0.330. The van der Waals surface area contributed by atoms with E-state index in [9.17, 15) is 26.3 Å². The van der Waals surface area contributed by atoms with Crippen LogP contribution >= 0.6 is 27.7 Å². The standard InChI is InChI=1S/C11H9BrF6OS/c12-3-1-2-7-4-8(19-10(13,14)15)6-9(5-7)20-11(16,17)18/h4-6H,1-3H2. The van der Waals surface area contributed by atoms with E-state index in [0.717, 1.165) is 12.1 Å². The molecule has 20 heavy (non-hydrogen) atoms. The average molecular weight is 383 g/mol. The van der Waals surface area contributed by atoms with E-state index in [1.165, 1.54) is 6.07 Å². The molecule has 0 saturated carbocycles. The molecule has 0 aliphatic rings. The molecule has 0 fully saturated rings. The smallest absolute Gasteiger partial charge is 0.406 e. The molecule has 0 unspecified atom stereocenters. The van der Waals surface area contributed by atoms with E-state index < -0.39 is 29.4 Å². The van der Waals surface area contributed by atoms with Crippen molar-refractivity contribution in [1.29, 1.82) is 0 Å². The zero-order chi connectivity index (χ0) is 15.4. The van der Waals surface area contributed by atoms with Gasteiger partial charge < -0.3 is 4.74 Å². The predicted molar refractivity (Wildman–Crippen MR) is 67.2 cm³/mol.